The van der Waals surface area contributed by atoms with Crippen LogP contribution in [0.3, 0.4) is 0 Å². The van der Waals surface area contributed by atoms with Gasteiger partial charge in [0.1, 0.15) is 0 Å². The van der Waals surface area contributed by atoms with Crippen LogP contribution in [0.25, 0.3) is 0 Å². The van der Waals surface area contributed by atoms with Gasteiger partial charge in [0.25, 0.3) is 0 Å². The van der Waals surface area contributed by atoms with Gasteiger partial charge in [0.15, 0.2) is 0 Å². The topological polar surface area (TPSA) is 66.4 Å². The van der Waals surface area contributed by atoms with Crippen molar-refractivity contribution in [3.63, 3.8) is 0 Å². The highest BCUT2D eigenvalue weighted by atomic mass is 32.1. The van der Waals surface area contributed by atoms with Crippen molar-refractivity contribution in [3.8, 4) is 0 Å². The van der Waals surface area contributed by atoms with E-state index in [0.717, 1.165) is 10.6 Å². The molecule has 1 unspecified atom stereocenters. The van der Waals surface area contributed by atoms with Crippen molar-refractivity contribution in [3.05, 3.63) is 46.4 Å². The maximum atomic E-state index is 11.9. The van der Waals surface area contributed by atoms with Crippen LogP contribution in [-0.2, 0) is 23.2 Å². The summed E-state index contributed by atoms with van der Waals surface area (Å²) in [4.78, 5) is 26.8. The lowest BCUT2D eigenvalue weighted by Crippen LogP contribution is -2.43. The number of likely N-dealkylation sites (N-methyl/N-ethyl adjacent to an activating group) is 1. The van der Waals surface area contributed by atoms with Gasteiger partial charge in [-0.2, -0.15) is 0 Å². The van der Waals surface area contributed by atoms with Gasteiger partial charge in [-0.1, -0.05) is 6.07 Å². The fourth-order valence-corrected chi connectivity index (χ4v) is 2.95. The maximum Gasteiger partial charge on any atom is 0.309 e. The van der Waals surface area contributed by atoms with Crippen LogP contribution < -0.4 is 10.6 Å². The highest BCUT2D eigenvalue weighted by Crippen LogP contribution is 2.17. The summed E-state index contributed by atoms with van der Waals surface area (Å²) in [6, 6.07) is 7.80. The predicted molar refractivity (Wildman–Crippen MR) is 91.0 cm³/mol. The number of carbonyl (C=O) groups is 2. The molecule has 0 saturated carbocycles. The Morgan fingerprint density at radius 1 is 1.22 bits per heavy atom. The number of aryl methyl sites for hydroxylation is 1. The smallest absolute Gasteiger partial charge is 0.309 e. The number of thiophene rings is 1. The van der Waals surface area contributed by atoms with Gasteiger partial charge in [-0.05, 0) is 37.7 Å². The van der Waals surface area contributed by atoms with E-state index in [2.05, 4.69) is 10.6 Å². The lowest BCUT2D eigenvalue weighted by molar-refractivity contribution is -0.139. The minimum atomic E-state index is -0.609. The van der Waals surface area contributed by atoms with Crippen molar-refractivity contribution in [1.29, 1.82) is 0 Å². The first-order valence-electron chi connectivity index (χ1n) is 7.35. The summed E-state index contributed by atoms with van der Waals surface area (Å²) in [7, 11) is 5.85. The van der Waals surface area contributed by atoms with Crippen LogP contribution in [0.1, 0.15) is 16.6 Å². The number of carbonyl (C=O) groups excluding carboxylic acids is 2. The van der Waals surface area contributed by atoms with Crippen LogP contribution in [0.15, 0.2) is 35.8 Å². The number of nitrogens with one attached hydrogen (secondary N) is 2. The zero-order valence-electron chi connectivity index (χ0n) is 13.6. The third kappa shape index (κ3) is 4.67. The molecule has 2 rings (SSSR count). The average molecular weight is 334 g/mol. The molecule has 2 amide bonds. The van der Waals surface area contributed by atoms with Crippen molar-refractivity contribution in [2.24, 2.45) is 7.05 Å². The number of hydrogen-bond acceptors (Lipinski definition) is 4. The molecular weight excluding hydrogens is 312 g/mol. The van der Waals surface area contributed by atoms with Gasteiger partial charge in [0.2, 0.25) is 0 Å². The van der Waals surface area contributed by atoms with Crippen molar-refractivity contribution in [1.82, 2.24) is 20.1 Å². The highest BCUT2D eigenvalue weighted by molar-refractivity contribution is 7.09. The van der Waals surface area contributed by atoms with E-state index >= 15 is 0 Å². The third-order valence-corrected chi connectivity index (χ3v) is 4.49. The van der Waals surface area contributed by atoms with Crippen molar-refractivity contribution in [2.45, 2.75) is 12.6 Å². The van der Waals surface area contributed by atoms with E-state index in [0.29, 0.717) is 13.1 Å². The minimum Gasteiger partial charge on any atom is -0.353 e. The Morgan fingerprint density at radius 2 is 1.96 bits per heavy atom. The van der Waals surface area contributed by atoms with E-state index in [1.165, 1.54) is 0 Å². The predicted octanol–water partition coefficient (Wildman–Crippen LogP) is 1.12. The molecule has 2 heterocycles. The monoisotopic (exact) mass is 334 g/mol. The average Bonchev–Trinajstić information content (AvgIpc) is 3.16. The molecule has 2 N–H and O–H groups in total. The first-order valence-corrected chi connectivity index (χ1v) is 8.23. The molecule has 0 aliphatic rings. The molecule has 124 valence electrons. The molecule has 0 spiro atoms. The van der Waals surface area contributed by atoms with E-state index < -0.39 is 11.8 Å². The first kappa shape index (κ1) is 17.2. The Balaban J connectivity index is 1.86. The highest BCUT2D eigenvalue weighted by Gasteiger charge is 2.20. The molecule has 0 bridgehead atoms. The normalized spacial score (nSPS) is 12.2. The van der Waals surface area contributed by atoms with Gasteiger partial charge in [-0.25, -0.2) is 0 Å². The molecule has 0 saturated heterocycles. The molecule has 0 aliphatic carbocycles. The molecule has 2 aromatic heterocycles. The number of rotatable bonds is 6. The fourth-order valence-electron chi connectivity index (χ4n) is 2.30. The summed E-state index contributed by atoms with van der Waals surface area (Å²) in [6.07, 6.45) is 1.96. The van der Waals surface area contributed by atoms with Crippen LogP contribution in [0.5, 0.6) is 0 Å². The van der Waals surface area contributed by atoms with Crippen LogP contribution in [-0.4, -0.2) is 41.9 Å². The zero-order chi connectivity index (χ0) is 16.8. The SMILES string of the molecule is CN(C)C(CNC(=O)C(=O)NCc1cccs1)c1cccn1C. The van der Waals surface area contributed by atoms with Crippen LogP contribution >= 0.6 is 11.3 Å². The molecule has 7 heteroatoms. The van der Waals surface area contributed by atoms with E-state index in [1.54, 1.807) is 11.3 Å². The Labute approximate surface area is 140 Å². The summed E-state index contributed by atoms with van der Waals surface area (Å²) in [6.45, 7) is 0.745. The number of aromatic nitrogens is 1. The molecular formula is C16H22N4O2S. The lowest BCUT2D eigenvalue weighted by atomic mass is 10.2. The fraction of sp³-hybridized carbons (Fsp3) is 0.375. The van der Waals surface area contributed by atoms with Crippen LogP contribution in [0, 0.1) is 0 Å². The van der Waals surface area contributed by atoms with Gasteiger partial charge in [0, 0.05) is 30.4 Å². The second-order valence-electron chi connectivity index (χ2n) is 5.50. The standard InChI is InChI=1S/C16H22N4O2S/c1-19(2)14(13-7-4-8-20(13)3)11-18-16(22)15(21)17-10-12-6-5-9-23-12/h4-9,14H,10-11H2,1-3H3,(H,17,21)(H,18,22). The van der Waals surface area contributed by atoms with E-state index in [9.17, 15) is 9.59 Å². The number of nitrogens with zero attached hydrogens (tertiary/aromatic N) is 2. The Kier molecular flexibility index (Phi) is 5.95. The number of hydrogen-bond donors (Lipinski definition) is 2. The minimum absolute atomic E-state index is 0.00375. The molecule has 0 aliphatic heterocycles. The summed E-state index contributed by atoms with van der Waals surface area (Å²) in [5, 5.41) is 7.27. The summed E-state index contributed by atoms with van der Waals surface area (Å²) < 4.78 is 2.01. The first-order chi connectivity index (χ1) is 11.0. The van der Waals surface area contributed by atoms with Crippen molar-refractivity contribution >= 4 is 23.2 Å². The third-order valence-electron chi connectivity index (χ3n) is 3.61. The van der Waals surface area contributed by atoms with Gasteiger partial charge in [-0.3, -0.25) is 14.5 Å². The second kappa shape index (κ2) is 7.94. The van der Waals surface area contributed by atoms with Crippen LogP contribution in [0.2, 0.25) is 0 Å². The largest absolute Gasteiger partial charge is 0.353 e. The van der Waals surface area contributed by atoms with Crippen LogP contribution in [0.4, 0.5) is 0 Å². The van der Waals surface area contributed by atoms with Crippen molar-refractivity contribution in [2.75, 3.05) is 20.6 Å². The van der Waals surface area contributed by atoms with Gasteiger partial charge in [0.05, 0.1) is 12.6 Å². The molecule has 0 fully saturated rings. The molecule has 23 heavy (non-hydrogen) atoms. The van der Waals surface area contributed by atoms with Crippen molar-refractivity contribution < 1.29 is 9.59 Å². The molecule has 6 nitrogen and oxygen atoms in total. The zero-order valence-corrected chi connectivity index (χ0v) is 14.4. The molecule has 0 aromatic carbocycles. The second-order valence-corrected chi connectivity index (χ2v) is 6.53. The summed E-state index contributed by atoms with van der Waals surface area (Å²) in [5.41, 5.74) is 1.08. The van der Waals surface area contributed by atoms with Gasteiger partial charge in [-0.15, -0.1) is 11.3 Å². The molecule has 0 radical (unpaired) electrons. The number of amides is 2. The van der Waals surface area contributed by atoms with Gasteiger partial charge >= 0.3 is 11.8 Å². The Morgan fingerprint density at radius 3 is 2.52 bits per heavy atom. The Bertz CT molecular complexity index is 649. The van der Waals surface area contributed by atoms with E-state index in [4.69, 9.17) is 0 Å². The van der Waals surface area contributed by atoms with E-state index in [-0.39, 0.29) is 6.04 Å². The maximum absolute atomic E-state index is 11.9. The molecule has 2 aromatic rings. The van der Waals surface area contributed by atoms with E-state index in [1.807, 2.05) is 66.5 Å². The lowest BCUT2D eigenvalue weighted by Gasteiger charge is -2.25. The Hall–Kier alpha value is -2.12. The molecule has 1 atom stereocenters. The summed E-state index contributed by atoms with van der Waals surface area (Å²) in [5.74, 6) is -1.22. The quantitative estimate of drug-likeness (QED) is 0.778. The van der Waals surface area contributed by atoms with Gasteiger partial charge < -0.3 is 15.2 Å². The summed E-state index contributed by atoms with van der Waals surface area (Å²) >= 11 is 1.54.